The molecule has 4 rings (SSSR count). The molecule has 0 aliphatic carbocycles. The SMILES string of the molecule is CC(=O)NC(CCCCNCCC(C)(C)OCCC(C)(C)NC(=O)OCCc1nnc(CCO)nn1)C(=O)N1CCCC1C(=O)N(C)C(CCCNC(=N)N)C(=O)NC(CCCNC(=N)N)C(=O)N1CCCC1C(=O)NC(Cc1ccc(O)cc1)C(=O)NC(C(=O)NC(CC(C)C)C(=O)O)C(C)(C)C. The van der Waals surface area contributed by atoms with Crippen LogP contribution in [0, 0.1) is 22.2 Å². The number of carboxylic acid groups (broad SMARTS) is 1. The van der Waals surface area contributed by atoms with Gasteiger partial charge in [0.2, 0.25) is 47.3 Å². The molecule has 8 unspecified atom stereocenters. The first-order valence-corrected chi connectivity index (χ1v) is 35.9. The summed E-state index contributed by atoms with van der Waals surface area (Å²) in [5.41, 5.74) is 9.56. The first kappa shape index (κ1) is 87.3. The number of aliphatic hydroxyl groups is 1. The van der Waals surface area contributed by atoms with E-state index in [1.807, 2.05) is 27.7 Å². The number of ether oxygens (including phenoxy) is 2. The fourth-order valence-electron chi connectivity index (χ4n) is 12.1. The maximum absolute atomic E-state index is 15.1. The maximum Gasteiger partial charge on any atom is 0.407 e. The van der Waals surface area contributed by atoms with E-state index in [0.29, 0.717) is 75.4 Å². The zero-order chi connectivity index (χ0) is 77.5. The number of benzene rings is 1. The Morgan fingerprint density at radius 1 is 0.663 bits per heavy atom. The standard InChI is InChI=1S/C69H116N20O15/c1-42(2)40-49(63(100)101)80-59(96)55(67(4,5)6)81-56(93)48(41-44-23-25-45(92)26-24-44)79-58(95)51-21-16-35-88(51)61(98)47(19-14-32-75-64(70)71)78-57(94)50(20-15-33-76-65(72)73)87(11)62(99)52-22-17-36-89(52)60(97)46(77-43(3)91)18-12-13-31-74-34-29-69(9,10)104-39-30-68(7,8)82-66(102)103-38-28-54-85-83-53(27-37-90)84-86-54/h23-26,42,46-52,55,74,90,92H,12-22,27-41H2,1-11H3,(H,77,91)(H,78,94)(H,79,95)(H,80,96)(H,81,93)(H,82,102)(H,100,101)(H4,70,71,75)(H4,72,73,76). The van der Waals surface area contributed by atoms with E-state index >= 15 is 4.79 Å². The number of rotatable bonds is 44. The summed E-state index contributed by atoms with van der Waals surface area (Å²) in [4.78, 5) is 144. The molecule has 1 aromatic heterocycles. The van der Waals surface area contributed by atoms with Crippen molar-refractivity contribution in [3.63, 3.8) is 0 Å². The van der Waals surface area contributed by atoms with Crippen LogP contribution in [0.15, 0.2) is 24.3 Å². The normalized spacial score (nSPS) is 16.4. The molecule has 1 aromatic carbocycles. The Bertz CT molecular complexity index is 3170. The van der Waals surface area contributed by atoms with Crippen LogP contribution in [0.5, 0.6) is 5.75 Å². The number of aliphatic carboxylic acids is 1. The van der Waals surface area contributed by atoms with Gasteiger partial charge in [-0.15, -0.1) is 20.4 Å². The second-order valence-corrected chi connectivity index (χ2v) is 29.3. The summed E-state index contributed by atoms with van der Waals surface area (Å²) < 4.78 is 11.5. The fraction of sp³-hybridized carbons (Fsp3) is 0.710. The zero-order valence-corrected chi connectivity index (χ0v) is 62.4. The molecule has 0 saturated carbocycles. The van der Waals surface area contributed by atoms with E-state index in [1.165, 1.54) is 40.8 Å². The molecule has 582 valence electrons. The lowest BCUT2D eigenvalue weighted by Crippen LogP contribution is -2.61. The predicted molar refractivity (Wildman–Crippen MR) is 385 cm³/mol. The topological polar surface area (TPSA) is 519 Å². The van der Waals surface area contributed by atoms with Crippen LogP contribution in [0.3, 0.4) is 0 Å². The highest BCUT2D eigenvalue weighted by Crippen LogP contribution is 2.27. The van der Waals surface area contributed by atoms with Crippen molar-refractivity contribution in [3.8, 4) is 5.75 Å². The summed E-state index contributed by atoms with van der Waals surface area (Å²) in [6.45, 7) is 19.5. The van der Waals surface area contributed by atoms with E-state index < -0.39 is 124 Å². The van der Waals surface area contributed by atoms with Crippen LogP contribution in [0.4, 0.5) is 4.79 Å². The van der Waals surface area contributed by atoms with E-state index in [2.05, 4.69) is 68.2 Å². The minimum atomic E-state index is -1.38. The number of carbonyl (C=O) groups is 10. The number of amides is 9. The number of likely N-dealkylation sites (N-methyl/N-ethyl adjacent to an activating group) is 1. The summed E-state index contributed by atoms with van der Waals surface area (Å²) in [5, 5.41) is 85.6. The lowest BCUT2D eigenvalue weighted by Gasteiger charge is -2.35. The average molecular weight is 1470 g/mol. The number of likely N-dealkylation sites (tertiary alicyclic amines) is 2. The average Bonchev–Trinajstić information content (AvgIpc) is 1.57. The van der Waals surface area contributed by atoms with Crippen molar-refractivity contribution in [3.05, 3.63) is 41.5 Å². The van der Waals surface area contributed by atoms with Crippen molar-refractivity contribution < 1.29 is 72.7 Å². The number of phenolic OH excluding ortho intramolecular Hbond substituents is 1. The third-order valence-corrected chi connectivity index (χ3v) is 17.9. The number of phenols is 1. The number of unbranched alkanes of at least 4 members (excludes halogenated alkanes) is 1. The number of nitrogens with two attached hydrogens (primary N) is 2. The summed E-state index contributed by atoms with van der Waals surface area (Å²) in [7, 11) is 1.42. The Morgan fingerprint density at radius 2 is 1.22 bits per heavy atom. The van der Waals surface area contributed by atoms with Crippen LogP contribution in [0.2, 0.25) is 0 Å². The molecule has 18 N–H and O–H groups in total. The number of carbonyl (C=O) groups excluding carboxylic acids is 9. The van der Waals surface area contributed by atoms with Crippen molar-refractivity contribution in [2.45, 2.75) is 238 Å². The fourth-order valence-corrected chi connectivity index (χ4v) is 12.1. The molecule has 35 nitrogen and oxygen atoms in total. The summed E-state index contributed by atoms with van der Waals surface area (Å²) in [6, 6.07) is -3.85. The van der Waals surface area contributed by atoms with Gasteiger partial charge in [-0.05, 0) is 160 Å². The van der Waals surface area contributed by atoms with Gasteiger partial charge >= 0.3 is 12.1 Å². The molecule has 2 aliphatic rings. The number of aromatic hydroxyl groups is 1. The van der Waals surface area contributed by atoms with E-state index in [-0.39, 0.29) is 134 Å². The van der Waals surface area contributed by atoms with Crippen LogP contribution < -0.4 is 59.3 Å². The van der Waals surface area contributed by atoms with Crippen molar-refractivity contribution in [2.75, 3.05) is 66.1 Å². The number of nitrogens with zero attached hydrogens (tertiary/aromatic N) is 7. The number of hydrogen-bond acceptors (Lipinski definition) is 21. The largest absolute Gasteiger partial charge is 0.508 e. The van der Waals surface area contributed by atoms with Gasteiger partial charge in [-0.25, -0.2) is 9.59 Å². The second kappa shape index (κ2) is 42.6. The third kappa shape index (κ3) is 30.7. The molecule has 0 spiro atoms. The minimum Gasteiger partial charge on any atom is -0.508 e. The van der Waals surface area contributed by atoms with Gasteiger partial charge in [0.25, 0.3) is 0 Å². The third-order valence-electron chi connectivity index (χ3n) is 17.9. The Kier molecular flexibility index (Phi) is 35.8. The van der Waals surface area contributed by atoms with Crippen molar-refractivity contribution >= 4 is 71.2 Å². The Hall–Kier alpha value is -9.12. The lowest BCUT2D eigenvalue weighted by molar-refractivity contribution is -0.149. The Labute approximate surface area is 609 Å². The molecular weight excluding hydrogens is 1350 g/mol. The van der Waals surface area contributed by atoms with Crippen molar-refractivity contribution in [1.82, 2.24) is 82.9 Å². The molecule has 2 fully saturated rings. The number of aliphatic hydroxyl groups excluding tert-OH is 1. The highest BCUT2D eigenvalue weighted by atomic mass is 16.5. The maximum atomic E-state index is 15.1. The van der Waals surface area contributed by atoms with Crippen LogP contribution in [0.25, 0.3) is 0 Å². The van der Waals surface area contributed by atoms with Gasteiger partial charge in [0.05, 0.1) is 12.2 Å². The second-order valence-electron chi connectivity index (χ2n) is 29.3. The van der Waals surface area contributed by atoms with Crippen LogP contribution in [-0.2, 0) is 71.9 Å². The summed E-state index contributed by atoms with van der Waals surface area (Å²) in [5.74, 6) is -6.68. The highest BCUT2D eigenvalue weighted by molar-refractivity contribution is 5.98. The van der Waals surface area contributed by atoms with Gasteiger partial charge in [-0.2, -0.15) is 0 Å². The highest BCUT2D eigenvalue weighted by Gasteiger charge is 2.44. The summed E-state index contributed by atoms with van der Waals surface area (Å²) >= 11 is 0. The lowest BCUT2D eigenvalue weighted by atomic mass is 9.85. The van der Waals surface area contributed by atoms with E-state index in [0.717, 1.165) is 0 Å². The molecule has 3 heterocycles. The smallest absolute Gasteiger partial charge is 0.407 e. The molecule has 35 heteroatoms. The van der Waals surface area contributed by atoms with Gasteiger partial charge in [0, 0.05) is 71.6 Å². The first-order chi connectivity index (χ1) is 48.9. The zero-order valence-electron chi connectivity index (χ0n) is 62.4. The molecule has 104 heavy (non-hydrogen) atoms. The number of hydrogen-bond donors (Lipinski definition) is 16. The minimum absolute atomic E-state index is 0.0134. The molecule has 8 atom stereocenters. The quantitative estimate of drug-likeness (QED) is 0.0237. The monoisotopic (exact) mass is 1460 g/mol. The van der Waals surface area contributed by atoms with Gasteiger partial charge in [-0.3, -0.25) is 49.2 Å². The molecule has 2 aliphatic heterocycles. The molecule has 0 radical (unpaired) electrons. The number of guanidine groups is 2. The van der Waals surface area contributed by atoms with Crippen LogP contribution in [0.1, 0.15) is 176 Å². The molecule has 0 bridgehead atoms. The Balaban J connectivity index is 1.44. The van der Waals surface area contributed by atoms with Gasteiger partial charge < -0.3 is 98.8 Å². The van der Waals surface area contributed by atoms with Crippen molar-refractivity contribution in [1.29, 1.82) is 10.8 Å². The molecule has 2 aromatic rings. The summed E-state index contributed by atoms with van der Waals surface area (Å²) in [6.07, 6.45) is 3.85. The van der Waals surface area contributed by atoms with Gasteiger partial charge in [0.15, 0.2) is 23.6 Å². The van der Waals surface area contributed by atoms with Crippen molar-refractivity contribution in [2.24, 2.45) is 22.8 Å². The number of aromatic nitrogens is 4. The Morgan fingerprint density at radius 3 is 1.79 bits per heavy atom. The first-order valence-electron chi connectivity index (χ1n) is 35.9. The number of alkyl carbamates (subject to hydrolysis) is 1. The van der Waals surface area contributed by atoms with E-state index in [4.69, 9.17) is 36.9 Å². The number of carboxylic acids is 1. The van der Waals surface area contributed by atoms with Gasteiger partial charge in [-0.1, -0.05) is 46.8 Å². The van der Waals surface area contributed by atoms with Crippen LogP contribution >= 0.6 is 0 Å². The molecular formula is C69H116N20O15. The number of nitrogens with one attached hydrogen (secondary N) is 11. The molecule has 2 saturated heterocycles. The van der Waals surface area contributed by atoms with E-state index in [9.17, 15) is 53.4 Å². The van der Waals surface area contributed by atoms with E-state index in [1.54, 1.807) is 46.8 Å². The molecule has 9 amide bonds. The predicted octanol–water partition coefficient (Wildman–Crippen LogP) is 0.0885. The van der Waals surface area contributed by atoms with Crippen LogP contribution in [-0.4, -0.2) is 247 Å². The van der Waals surface area contributed by atoms with Gasteiger partial charge in [0.1, 0.15) is 60.7 Å².